The van der Waals surface area contributed by atoms with Gasteiger partial charge in [-0.25, -0.2) is 8.42 Å². The number of benzene rings is 1. The van der Waals surface area contributed by atoms with Crippen molar-refractivity contribution in [3.05, 3.63) is 35.2 Å². The molecule has 0 saturated heterocycles. The molecule has 0 unspecified atom stereocenters. The zero-order chi connectivity index (χ0) is 11.5. The average molecular weight is 227 g/mol. The summed E-state index contributed by atoms with van der Waals surface area (Å²) in [5, 5.41) is 12.2. The molecular formula is C10H11O4S-. The Kier molecular flexibility index (Phi) is 3.36. The lowest BCUT2D eigenvalue weighted by molar-refractivity contribution is -0.243. The first-order valence-corrected chi connectivity index (χ1v) is 6.11. The van der Waals surface area contributed by atoms with Crippen LogP contribution in [-0.2, 0) is 9.84 Å². The second-order valence-electron chi connectivity index (χ2n) is 3.01. The zero-order valence-corrected chi connectivity index (χ0v) is 9.24. The summed E-state index contributed by atoms with van der Waals surface area (Å²) in [6.45, 7) is 0. The van der Waals surface area contributed by atoms with Crippen LogP contribution in [0, 0.1) is 0 Å². The lowest BCUT2D eigenvalue weighted by Crippen LogP contribution is -2.06. The van der Waals surface area contributed by atoms with Crippen molar-refractivity contribution in [2.45, 2.75) is 0 Å². The summed E-state index contributed by atoms with van der Waals surface area (Å²) in [5.74, 6) is -0.211. The van der Waals surface area contributed by atoms with Gasteiger partial charge in [0.1, 0.15) is 5.75 Å². The van der Waals surface area contributed by atoms with Gasteiger partial charge in [-0.05, 0) is 6.07 Å². The van der Waals surface area contributed by atoms with Crippen LogP contribution in [0.5, 0.6) is 5.75 Å². The molecule has 1 aromatic carbocycles. The third kappa shape index (κ3) is 3.28. The number of sulfone groups is 1. The van der Waals surface area contributed by atoms with Crippen LogP contribution in [0.3, 0.4) is 0 Å². The first-order chi connectivity index (χ1) is 6.94. The van der Waals surface area contributed by atoms with E-state index in [-0.39, 0.29) is 5.56 Å². The Morgan fingerprint density at radius 3 is 2.53 bits per heavy atom. The van der Waals surface area contributed by atoms with Gasteiger partial charge >= 0.3 is 0 Å². The molecule has 0 fully saturated rings. The monoisotopic (exact) mass is 227 g/mol. The maximum atomic E-state index is 11.5. The molecule has 1 rings (SSSR count). The van der Waals surface area contributed by atoms with Crippen LogP contribution in [0.2, 0.25) is 0 Å². The fourth-order valence-corrected chi connectivity index (χ4v) is 1.62. The smallest absolute Gasteiger partial charge is 0.168 e. The average Bonchev–Trinajstić information content (AvgIpc) is 2.15. The van der Waals surface area contributed by atoms with Crippen molar-refractivity contribution in [3.63, 3.8) is 0 Å². The SMILES string of the molecule is COc1ccccc1/C([O-])=C/S(C)(=O)=O. The molecule has 1 aromatic rings. The molecule has 0 spiro atoms. The second-order valence-corrected chi connectivity index (χ2v) is 4.91. The molecule has 0 bridgehead atoms. The number of rotatable bonds is 3. The quantitative estimate of drug-likeness (QED) is 0.701. The molecule has 4 nitrogen and oxygen atoms in total. The van der Waals surface area contributed by atoms with Crippen LogP contribution >= 0.6 is 0 Å². The summed E-state index contributed by atoms with van der Waals surface area (Å²) < 4.78 is 26.7. The van der Waals surface area contributed by atoms with Crippen LogP contribution < -0.4 is 9.84 Å². The molecule has 0 aliphatic rings. The molecule has 0 aliphatic heterocycles. The highest BCUT2D eigenvalue weighted by molar-refractivity contribution is 7.93. The maximum Gasteiger partial charge on any atom is 0.168 e. The topological polar surface area (TPSA) is 66.4 Å². The van der Waals surface area contributed by atoms with Crippen LogP contribution in [0.15, 0.2) is 29.7 Å². The van der Waals surface area contributed by atoms with Gasteiger partial charge in [-0.3, -0.25) is 0 Å². The molecule has 0 N–H and O–H groups in total. The molecular weight excluding hydrogens is 216 g/mol. The summed E-state index contributed by atoms with van der Waals surface area (Å²) in [6.07, 6.45) is 0.973. The molecule has 82 valence electrons. The van der Waals surface area contributed by atoms with Crippen LogP contribution in [0.25, 0.3) is 5.76 Å². The molecule has 0 amide bonds. The normalized spacial score (nSPS) is 12.5. The Balaban J connectivity index is 3.22. The third-order valence-electron chi connectivity index (χ3n) is 1.69. The predicted molar refractivity (Wildman–Crippen MR) is 55.8 cm³/mol. The van der Waals surface area contributed by atoms with E-state index in [4.69, 9.17) is 4.74 Å². The molecule has 0 aromatic heterocycles. The molecule has 0 heterocycles. The molecule has 0 radical (unpaired) electrons. The van der Waals surface area contributed by atoms with Gasteiger partial charge in [0.05, 0.1) is 7.11 Å². The summed E-state index contributed by atoms with van der Waals surface area (Å²) in [4.78, 5) is 0. The van der Waals surface area contributed by atoms with Gasteiger partial charge in [0.2, 0.25) is 0 Å². The van der Waals surface area contributed by atoms with Gasteiger partial charge in [-0.15, -0.1) is 0 Å². The molecule has 0 saturated carbocycles. The summed E-state index contributed by atoms with van der Waals surface area (Å²) in [5.41, 5.74) is 0.241. The highest BCUT2D eigenvalue weighted by Gasteiger charge is 2.02. The Labute approximate surface area is 88.7 Å². The Bertz CT molecular complexity index is 474. The number of hydrogen-bond acceptors (Lipinski definition) is 4. The minimum Gasteiger partial charge on any atom is -0.871 e. The molecule has 15 heavy (non-hydrogen) atoms. The maximum absolute atomic E-state index is 11.5. The van der Waals surface area contributed by atoms with Crippen molar-refractivity contribution in [2.75, 3.05) is 13.4 Å². The van der Waals surface area contributed by atoms with Crippen LogP contribution in [0.1, 0.15) is 5.56 Å². The lowest BCUT2D eigenvalue weighted by atomic mass is 10.2. The van der Waals surface area contributed by atoms with Gasteiger partial charge in [0.25, 0.3) is 0 Å². The number of para-hydroxylation sites is 1. The van der Waals surface area contributed by atoms with E-state index < -0.39 is 15.6 Å². The van der Waals surface area contributed by atoms with E-state index in [1.54, 1.807) is 18.2 Å². The fourth-order valence-electron chi connectivity index (χ4n) is 1.11. The summed E-state index contributed by atoms with van der Waals surface area (Å²) in [6, 6.07) is 6.47. The molecule has 0 aliphatic carbocycles. The summed E-state index contributed by atoms with van der Waals surface area (Å²) >= 11 is 0. The van der Waals surface area contributed by atoms with Gasteiger partial charge in [-0.1, -0.05) is 24.0 Å². The highest BCUT2D eigenvalue weighted by atomic mass is 32.2. The van der Waals surface area contributed by atoms with E-state index in [1.807, 2.05) is 0 Å². The Hall–Kier alpha value is -1.49. The second kappa shape index (κ2) is 4.35. The minimum absolute atomic E-state index is 0.241. The lowest BCUT2D eigenvalue weighted by Gasteiger charge is -2.15. The Morgan fingerprint density at radius 1 is 1.40 bits per heavy atom. The number of hydrogen-bond donors (Lipinski definition) is 0. The van der Waals surface area contributed by atoms with Crippen molar-refractivity contribution < 1.29 is 18.3 Å². The molecule has 5 heteroatoms. The fraction of sp³-hybridized carbons (Fsp3) is 0.200. The van der Waals surface area contributed by atoms with E-state index >= 15 is 0 Å². The van der Waals surface area contributed by atoms with Gasteiger partial charge < -0.3 is 9.84 Å². The van der Waals surface area contributed by atoms with E-state index in [1.165, 1.54) is 13.2 Å². The van der Waals surface area contributed by atoms with Gasteiger partial charge in [0, 0.05) is 17.2 Å². The first kappa shape index (κ1) is 11.6. The number of methoxy groups -OCH3 is 1. The largest absolute Gasteiger partial charge is 0.871 e. The van der Waals surface area contributed by atoms with Crippen LogP contribution in [-0.4, -0.2) is 21.8 Å². The zero-order valence-electron chi connectivity index (χ0n) is 8.43. The van der Waals surface area contributed by atoms with Crippen molar-refractivity contribution in [1.82, 2.24) is 0 Å². The third-order valence-corrected chi connectivity index (χ3v) is 2.34. The van der Waals surface area contributed by atoms with Gasteiger partial charge in [0.15, 0.2) is 9.84 Å². The number of ether oxygens (including phenoxy) is 1. The van der Waals surface area contributed by atoms with Crippen LogP contribution in [0.4, 0.5) is 0 Å². The first-order valence-electron chi connectivity index (χ1n) is 4.16. The van der Waals surface area contributed by atoms with E-state index in [9.17, 15) is 13.5 Å². The van der Waals surface area contributed by atoms with E-state index in [2.05, 4.69) is 0 Å². The van der Waals surface area contributed by atoms with Gasteiger partial charge in [-0.2, -0.15) is 0 Å². The highest BCUT2D eigenvalue weighted by Crippen LogP contribution is 2.22. The van der Waals surface area contributed by atoms with Crippen molar-refractivity contribution in [1.29, 1.82) is 0 Å². The van der Waals surface area contributed by atoms with E-state index in [0.717, 1.165) is 6.26 Å². The summed E-state index contributed by atoms with van der Waals surface area (Å²) in [7, 11) is -2.00. The predicted octanol–water partition coefficient (Wildman–Crippen LogP) is 0.398. The van der Waals surface area contributed by atoms with E-state index in [0.29, 0.717) is 11.2 Å². The van der Waals surface area contributed by atoms with Crippen molar-refractivity contribution in [3.8, 4) is 5.75 Å². The Morgan fingerprint density at radius 2 is 2.00 bits per heavy atom. The standard InChI is InChI=1S/C10H12O4S/c1-14-10-6-4-3-5-8(10)9(11)7-15(2,12)13/h3-7,11H,1-2H3/p-1/b9-7-. The van der Waals surface area contributed by atoms with Crippen molar-refractivity contribution in [2.24, 2.45) is 0 Å². The van der Waals surface area contributed by atoms with Crippen molar-refractivity contribution >= 4 is 15.6 Å². The molecule has 0 atom stereocenters. The minimum atomic E-state index is -3.43.